The van der Waals surface area contributed by atoms with E-state index in [1.165, 1.54) is 11.1 Å². The van der Waals surface area contributed by atoms with Gasteiger partial charge in [0.25, 0.3) is 0 Å². The van der Waals surface area contributed by atoms with E-state index < -0.39 is 5.97 Å². The molecular weight excluding hydrogens is 276 g/mol. The van der Waals surface area contributed by atoms with Crippen molar-refractivity contribution in [3.05, 3.63) is 53.1 Å². The number of carboxylic acid groups (broad SMARTS) is 1. The molecule has 2 aromatic rings. The average Bonchev–Trinajstić information content (AvgIpc) is 2.48. The molecule has 0 fully saturated rings. The van der Waals surface area contributed by atoms with Crippen molar-refractivity contribution < 1.29 is 14.6 Å². The summed E-state index contributed by atoms with van der Waals surface area (Å²) < 4.78 is 5.47. The van der Waals surface area contributed by atoms with Crippen LogP contribution in [0.3, 0.4) is 0 Å². The third kappa shape index (κ3) is 3.48. The van der Waals surface area contributed by atoms with E-state index in [0.29, 0.717) is 0 Å². The molecule has 116 valence electrons. The summed E-state index contributed by atoms with van der Waals surface area (Å²) in [7, 11) is 1.65. The van der Waals surface area contributed by atoms with Crippen LogP contribution in [-0.2, 0) is 4.79 Å². The normalized spacial score (nSPS) is 12.0. The smallest absolute Gasteiger partial charge is 0.303 e. The van der Waals surface area contributed by atoms with Crippen molar-refractivity contribution in [2.75, 3.05) is 7.11 Å². The van der Waals surface area contributed by atoms with Crippen molar-refractivity contribution >= 4 is 5.97 Å². The molecule has 0 spiro atoms. The number of hydrogen-bond donors (Lipinski definition) is 1. The standard InChI is InChI=1S/C19H22O3/c1-12-5-6-16(9-13(12)2)17-11-15(7-8-18(17)22-4)14(3)10-19(20)21/h5-9,11,14H,10H2,1-4H3,(H,20,21). The highest BCUT2D eigenvalue weighted by molar-refractivity contribution is 5.73. The second kappa shape index (κ2) is 6.65. The summed E-state index contributed by atoms with van der Waals surface area (Å²) >= 11 is 0. The molecule has 3 heteroatoms. The minimum Gasteiger partial charge on any atom is -0.496 e. The van der Waals surface area contributed by atoms with Crippen molar-refractivity contribution in [3.63, 3.8) is 0 Å². The molecule has 0 radical (unpaired) electrons. The lowest BCUT2D eigenvalue weighted by Gasteiger charge is -2.15. The zero-order chi connectivity index (χ0) is 16.3. The molecule has 2 aromatic carbocycles. The third-order valence-electron chi connectivity index (χ3n) is 4.09. The van der Waals surface area contributed by atoms with Crippen LogP contribution >= 0.6 is 0 Å². The first kappa shape index (κ1) is 16.1. The molecular formula is C19H22O3. The van der Waals surface area contributed by atoms with E-state index in [2.05, 4.69) is 32.0 Å². The quantitative estimate of drug-likeness (QED) is 0.880. The van der Waals surface area contributed by atoms with Crippen molar-refractivity contribution in [1.82, 2.24) is 0 Å². The number of ether oxygens (including phenoxy) is 1. The van der Waals surface area contributed by atoms with Gasteiger partial charge < -0.3 is 9.84 Å². The van der Waals surface area contributed by atoms with Crippen LogP contribution in [0.1, 0.15) is 36.0 Å². The van der Waals surface area contributed by atoms with Crippen molar-refractivity contribution in [1.29, 1.82) is 0 Å². The summed E-state index contributed by atoms with van der Waals surface area (Å²) in [6, 6.07) is 12.2. The van der Waals surface area contributed by atoms with Crippen LogP contribution < -0.4 is 4.74 Å². The molecule has 1 unspecified atom stereocenters. The van der Waals surface area contributed by atoms with Gasteiger partial charge in [-0.05, 0) is 54.2 Å². The minimum atomic E-state index is -0.781. The summed E-state index contributed by atoms with van der Waals surface area (Å²) in [6.07, 6.45) is 0.124. The zero-order valence-corrected chi connectivity index (χ0v) is 13.5. The number of benzene rings is 2. The Bertz CT molecular complexity index is 689. The molecule has 0 heterocycles. The monoisotopic (exact) mass is 298 g/mol. The Labute approximate surface area is 131 Å². The maximum absolute atomic E-state index is 10.9. The van der Waals surface area contributed by atoms with Crippen LogP contribution in [-0.4, -0.2) is 18.2 Å². The van der Waals surface area contributed by atoms with Gasteiger partial charge in [0.1, 0.15) is 5.75 Å². The Hall–Kier alpha value is -2.29. The highest BCUT2D eigenvalue weighted by Crippen LogP contribution is 2.34. The van der Waals surface area contributed by atoms with E-state index in [-0.39, 0.29) is 12.3 Å². The van der Waals surface area contributed by atoms with E-state index in [9.17, 15) is 4.79 Å². The molecule has 2 rings (SSSR count). The highest BCUT2D eigenvalue weighted by Gasteiger charge is 2.14. The van der Waals surface area contributed by atoms with Gasteiger partial charge in [0.05, 0.1) is 13.5 Å². The number of aryl methyl sites for hydroxylation is 2. The van der Waals surface area contributed by atoms with Gasteiger partial charge >= 0.3 is 5.97 Å². The Morgan fingerprint density at radius 3 is 2.45 bits per heavy atom. The molecule has 0 aliphatic carbocycles. The Morgan fingerprint density at radius 1 is 1.14 bits per heavy atom. The van der Waals surface area contributed by atoms with Gasteiger partial charge in [-0.15, -0.1) is 0 Å². The first-order valence-electron chi connectivity index (χ1n) is 7.39. The summed E-state index contributed by atoms with van der Waals surface area (Å²) in [5.41, 5.74) is 5.57. The largest absolute Gasteiger partial charge is 0.496 e. The molecule has 22 heavy (non-hydrogen) atoms. The predicted molar refractivity (Wildman–Crippen MR) is 88.6 cm³/mol. The van der Waals surface area contributed by atoms with Crippen molar-refractivity contribution in [2.45, 2.75) is 33.1 Å². The molecule has 3 nitrogen and oxygen atoms in total. The van der Waals surface area contributed by atoms with Crippen LogP contribution in [0.2, 0.25) is 0 Å². The van der Waals surface area contributed by atoms with Gasteiger partial charge in [-0.1, -0.05) is 31.2 Å². The van der Waals surface area contributed by atoms with E-state index in [1.54, 1.807) is 7.11 Å². The zero-order valence-electron chi connectivity index (χ0n) is 13.5. The molecule has 1 atom stereocenters. The third-order valence-corrected chi connectivity index (χ3v) is 4.09. The second-order valence-corrected chi connectivity index (χ2v) is 5.76. The molecule has 0 saturated heterocycles. The molecule has 0 bridgehead atoms. The Morgan fingerprint density at radius 2 is 1.86 bits per heavy atom. The number of carboxylic acids is 1. The minimum absolute atomic E-state index is 0.0336. The first-order chi connectivity index (χ1) is 10.4. The second-order valence-electron chi connectivity index (χ2n) is 5.76. The van der Waals surface area contributed by atoms with Crippen LogP contribution in [0.15, 0.2) is 36.4 Å². The van der Waals surface area contributed by atoms with E-state index in [0.717, 1.165) is 22.4 Å². The summed E-state index contributed by atoms with van der Waals surface area (Å²) in [5.74, 6) is -0.0146. The molecule has 0 saturated carbocycles. The highest BCUT2D eigenvalue weighted by atomic mass is 16.5. The summed E-state index contributed by atoms with van der Waals surface area (Å²) in [6.45, 7) is 6.10. The van der Waals surface area contributed by atoms with E-state index >= 15 is 0 Å². The number of hydrogen-bond acceptors (Lipinski definition) is 2. The van der Waals surface area contributed by atoms with Gasteiger partial charge in [-0.3, -0.25) is 4.79 Å². The van der Waals surface area contributed by atoms with E-state index in [4.69, 9.17) is 9.84 Å². The maximum Gasteiger partial charge on any atom is 0.303 e. The van der Waals surface area contributed by atoms with Gasteiger partial charge in [0.2, 0.25) is 0 Å². The lowest BCUT2D eigenvalue weighted by atomic mass is 9.92. The van der Waals surface area contributed by atoms with Gasteiger partial charge in [0.15, 0.2) is 0 Å². The maximum atomic E-state index is 10.9. The first-order valence-corrected chi connectivity index (χ1v) is 7.39. The van der Waals surface area contributed by atoms with Gasteiger partial charge in [0, 0.05) is 5.56 Å². The molecule has 0 amide bonds. The number of rotatable bonds is 5. The van der Waals surface area contributed by atoms with Crippen LogP contribution in [0, 0.1) is 13.8 Å². The summed E-state index contributed by atoms with van der Waals surface area (Å²) in [5, 5.41) is 8.97. The van der Waals surface area contributed by atoms with Crippen LogP contribution in [0.4, 0.5) is 0 Å². The average molecular weight is 298 g/mol. The number of carbonyl (C=O) groups is 1. The number of methoxy groups -OCH3 is 1. The van der Waals surface area contributed by atoms with Crippen LogP contribution in [0.25, 0.3) is 11.1 Å². The van der Waals surface area contributed by atoms with Crippen molar-refractivity contribution in [3.8, 4) is 16.9 Å². The lowest BCUT2D eigenvalue weighted by Crippen LogP contribution is -2.03. The lowest BCUT2D eigenvalue weighted by molar-refractivity contribution is -0.137. The molecule has 1 N–H and O–H groups in total. The summed E-state index contributed by atoms with van der Waals surface area (Å²) in [4.78, 5) is 10.9. The van der Waals surface area contributed by atoms with Gasteiger partial charge in [-0.25, -0.2) is 0 Å². The Kier molecular flexibility index (Phi) is 4.86. The fourth-order valence-electron chi connectivity index (χ4n) is 2.55. The topological polar surface area (TPSA) is 46.5 Å². The predicted octanol–water partition coefficient (Wildman–Crippen LogP) is 4.56. The SMILES string of the molecule is COc1ccc(C(C)CC(=O)O)cc1-c1ccc(C)c(C)c1. The Balaban J connectivity index is 2.48. The number of aliphatic carboxylic acids is 1. The fraction of sp³-hybridized carbons (Fsp3) is 0.316. The molecule has 0 aliphatic heterocycles. The van der Waals surface area contributed by atoms with Gasteiger partial charge in [-0.2, -0.15) is 0 Å². The molecule has 0 aliphatic rings. The van der Waals surface area contributed by atoms with E-state index in [1.807, 2.05) is 25.1 Å². The van der Waals surface area contributed by atoms with Crippen LogP contribution in [0.5, 0.6) is 5.75 Å². The van der Waals surface area contributed by atoms with Crippen molar-refractivity contribution in [2.24, 2.45) is 0 Å². The fourth-order valence-corrected chi connectivity index (χ4v) is 2.55. The molecule has 0 aromatic heterocycles.